The number of nitrogens with zero attached hydrogens (tertiary/aromatic N) is 1. The molecule has 1 amide bonds. The first-order valence-electron chi connectivity index (χ1n) is 9.54. The second-order valence-electron chi connectivity index (χ2n) is 7.02. The number of amides is 1. The summed E-state index contributed by atoms with van der Waals surface area (Å²) in [6.45, 7) is 4.14. The maximum Gasteiger partial charge on any atom is 0.238 e. The van der Waals surface area contributed by atoms with Gasteiger partial charge in [0.15, 0.2) is 17.3 Å². The summed E-state index contributed by atoms with van der Waals surface area (Å²) >= 11 is 7.86. The Morgan fingerprint density at radius 3 is 2.77 bits per heavy atom. The number of benzene rings is 2. The number of thioether (sulfide) groups is 1. The number of halogens is 1. The molecule has 3 aromatic rings. The lowest BCUT2D eigenvalue weighted by molar-refractivity contribution is -0.115. The molecular weight excluding hydrogens is 422 g/mol. The Hall–Kier alpha value is -2.64. The predicted octanol–water partition coefficient (Wildman–Crippen LogP) is 5.12. The Morgan fingerprint density at radius 1 is 1.20 bits per heavy atom. The smallest absolute Gasteiger partial charge is 0.238 e. The van der Waals surface area contributed by atoms with Gasteiger partial charge in [-0.1, -0.05) is 41.9 Å². The lowest BCUT2D eigenvalue weighted by atomic mass is 10.0. The number of fused-ring (bicyclic) bond motifs is 1. The monoisotopic (exact) mass is 443 g/mol. The van der Waals surface area contributed by atoms with Gasteiger partial charge in [-0.15, -0.1) is 11.8 Å². The number of hydrogen-bond donors (Lipinski definition) is 2. The van der Waals surface area contributed by atoms with Crippen molar-refractivity contribution in [3.05, 3.63) is 69.9 Å². The quantitative estimate of drug-likeness (QED) is 0.572. The van der Waals surface area contributed by atoms with Gasteiger partial charge in [-0.25, -0.2) is 0 Å². The molecule has 30 heavy (non-hydrogen) atoms. The van der Waals surface area contributed by atoms with Crippen molar-refractivity contribution in [2.24, 2.45) is 0 Å². The van der Waals surface area contributed by atoms with Crippen LogP contribution in [0.5, 0.6) is 11.5 Å². The van der Waals surface area contributed by atoms with E-state index < -0.39 is 0 Å². The van der Waals surface area contributed by atoms with Gasteiger partial charge in [-0.3, -0.25) is 9.89 Å². The number of ether oxygens (including phenoxy) is 2. The van der Waals surface area contributed by atoms with E-state index in [0.717, 1.165) is 22.4 Å². The first-order chi connectivity index (χ1) is 14.5. The lowest BCUT2D eigenvalue weighted by Crippen LogP contribution is -2.21. The summed E-state index contributed by atoms with van der Waals surface area (Å²) in [5, 5.41) is 10.4. The Labute approximate surface area is 184 Å². The minimum absolute atomic E-state index is 0.0725. The van der Waals surface area contributed by atoms with Gasteiger partial charge in [-0.2, -0.15) is 5.10 Å². The summed E-state index contributed by atoms with van der Waals surface area (Å²) in [6.07, 6.45) is 0. The zero-order chi connectivity index (χ0) is 21.3. The molecule has 2 N–H and O–H groups in total. The number of methoxy groups -OCH3 is 1. The average Bonchev–Trinajstić information content (AvgIpc) is 3.04. The van der Waals surface area contributed by atoms with Gasteiger partial charge in [0, 0.05) is 27.4 Å². The molecule has 2 aromatic carbocycles. The summed E-state index contributed by atoms with van der Waals surface area (Å²) in [5.41, 5.74) is 3.64. The van der Waals surface area contributed by atoms with Crippen molar-refractivity contribution in [2.45, 2.75) is 31.0 Å². The van der Waals surface area contributed by atoms with E-state index in [2.05, 4.69) is 15.5 Å². The van der Waals surface area contributed by atoms with Gasteiger partial charge in [0.25, 0.3) is 0 Å². The lowest BCUT2D eigenvalue weighted by Gasteiger charge is -2.22. The standard InChI is InChI=1S/C22H22ClN3O3S/c1-12-18-20(30-13(2)22(27)24-21(18)26-25-12)15-8-6-10-17(28-3)19(15)29-11-14-7-4-5-9-16(14)23/h4-10,13,20H,11H2,1-3H3,(H2,24,25,26,27). The highest BCUT2D eigenvalue weighted by Gasteiger charge is 2.34. The molecule has 1 aliphatic rings. The van der Waals surface area contributed by atoms with Gasteiger partial charge in [0.2, 0.25) is 5.91 Å². The van der Waals surface area contributed by atoms with E-state index >= 15 is 0 Å². The molecule has 0 bridgehead atoms. The van der Waals surface area contributed by atoms with Crippen LogP contribution in [0.1, 0.15) is 34.6 Å². The summed E-state index contributed by atoms with van der Waals surface area (Å²) in [6, 6.07) is 13.4. The summed E-state index contributed by atoms with van der Waals surface area (Å²) in [5.74, 6) is 1.74. The van der Waals surface area contributed by atoms with Crippen molar-refractivity contribution in [3.8, 4) is 11.5 Å². The van der Waals surface area contributed by atoms with E-state index in [9.17, 15) is 4.79 Å². The van der Waals surface area contributed by atoms with E-state index in [1.807, 2.05) is 56.3 Å². The molecule has 8 heteroatoms. The highest BCUT2D eigenvalue weighted by Crippen LogP contribution is 2.49. The normalized spacial score (nSPS) is 18.3. The van der Waals surface area contributed by atoms with Crippen LogP contribution < -0.4 is 14.8 Å². The van der Waals surface area contributed by atoms with E-state index in [1.165, 1.54) is 0 Å². The number of para-hydroxylation sites is 1. The van der Waals surface area contributed by atoms with E-state index in [0.29, 0.717) is 28.9 Å². The van der Waals surface area contributed by atoms with Crippen LogP contribution in [0.3, 0.4) is 0 Å². The molecule has 4 rings (SSSR count). The average molecular weight is 444 g/mol. The highest BCUT2D eigenvalue weighted by molar-refractivity contribution is 8.01. The van der Waals surface area contributed by atoms with Crippen molar-refractivity contribution in [1.29, 1.82) is 0 Å². The molecule has 0 fully saturated rings. The maximum absolute atomic E-state index is 12.5. The SMILES string of the molecule is COc1cccc(C2SC(C)C(=O)Nc3n[nH]c(C)c32)c1OCc1ccccc1Cl. The Morgan fingerprint density at radius 2 is 2.00 bits per heavy atom. The number of carbonyl (C=O) groups is 1. The Kier molecular flexibility index (Phi) is 5.92. The van der Waals surface area contributed by atoms with Gasteiger partial charge in [0.1, 0.15) is 6.61 Å². The molecule has 6 nitrogen and oxygen atoms in total. The van der Waals surface area contributed by atoms with Crippen LogP contribution in [0, 0.1) is 6.92 Å². The molecule has 0 radical (unpaired) electrons. The fourth-order valence-electron chi connectivity index (χ4n) is 3.45. The third-order valence-corrected chi connectivity index (χ3v) is 6.80. The van der Waals surface area contributed by atoms with Gasteiger partial charge < -0.3 is 14.8 Å². The molecule has 2 unspecified atom stereocenters. The first kappa shape index (κ1) is 20.6. The van der Waals surface area contributed by atoms with Crippen molar-refractivity contribution < 1.29 is 14.3 Å². The molecule has 1 aromatic heterocycles. The third-order valence-electron chi connectivity index (χ3n) is 5.05. The number of aromatic nitrogens is 2. The fraction of sp³-hybridized carbons (Fsp3) is 0.273. The van der Waals surface area contributed by atoms with Crippen LogP contribution in [0.25, 0.3) is 0 Å². The largest absolute Gasteiger partial charge is 0.493 e. The molecule has 0 spiro atoms. The number of aryl methyl sites for hydroxylation is 1. The zero-order valence-corrected chi connectivity index (χ0v) is 18.4. The van der Waals surface area contributed by atoms with E-state index in [4.69, 9.17) is 21.1 Å². The molecule has 2 heterocycles. The molecule has 0 saturated carbocycles. The minimum Gasteiger partial charge on any atom is -0.493 e. The fourth-order valence-corrected chi connectivity index (χ4v) is 4.99. The number of anilines is 1. The van der Waals surface area contributed by atoms with Crippen LogP contribution in [0.2, 0.25) is 5.02 Å². The highest BCUT2D eigenvalue weighted by atomic mass is 35.5. The summed E-state index contributed by atoms with van der Waals surface area (Å²) in [7, 11) is 1.62. The predicted molar refractivity (Wildman–Crippen MR) is 120 cm³/mol. The van der Waals surface area contributed by atoms with Crippen LogP contribution in [0.4, 0.5) is 5.82 Å². The van der Waals surface area contributed by atoms with Crippen LogP contribution in [-0.2, 0) is 11.4 Å². The first-order valence-corrected chi connectivity index (χ1v) is 10.9. The molecule has 2 atom stereocenters. The van der Waals surface area contributed by atoms with Gasteiger partial charge in [0.05, 0.1) is 17.6 Å². The number of nitrogens with one attached hydrogen (secondary N) is 2. The van der Waals surface area contributed by atoms with Crippen molar-refractivity contribution >= 4 is 35.1 Å². The van der Waals surface area contributed by atoms with Crippen molar-refractivity contribution in [3.63, 3.8) is 0 Å². The second kappa shape index (κ2) is 8.62. The Bertz CT molecular complexity index is 1090. The minimum atomic E-state index is -0.258. The summed E-state index contributed by atoms with van der Waals surface area (Å²) in [4.78, 5) is 12.5. The third kappa shape index (κ3) is 3.87. The number of rotatable bonds is 5. The van der Waals surface area contributed by atoms with Gasteiger partial charge >= 0.3 is 0 Å². The molecular formula is C22H22ClN3O3S. The van der Waals surface area contributed by atoms with Crippen LogP contribution in [0.15, 0.2) is 42.5 Å². The summed E-state index contributed by atoms with van der Waals surface area (Å²) < 4.78 is 11.9. The molecule has 156 valence electrons. The van der Waals surface area contributed by atoms with Crippen LogP contribution in [-0.4, -0.2) is 28.5 Å². The van der Waals surface area contributed by atoms with Crippen molar-refractivity contribution in [1.82, 2.24) is 10.2 Å². The Balaban J connectivity index is 1.78. The number of H-pyrrole nitrogens is 1. The topological polar surface area (TPSA) is 76.2 Å². The molecule has 1 aliphatic heterocycles. The van der Waals surface area contributed by atoms with Crippen molar-refractivity contribution in [2.75, 3.05) is 12.4 Å². The number of aromatic amines is 1. The van der Waals surface area contributed by atoms with E-state index in [-0.39, 0.29) is 16.4 Å². The number of carbonyl (C=O) groups excluding carboxylic acids is 1. The molecule has 0 saturated heterocycles. The van der Waals surface area contributed by atoms with E-state index in [1.54, 1.807) is 18.9 Å². The maximum atomic E-state index is 12.5. The number of hydrogen-bond acceptors (Lipinski definition) is 5. The zero-order valence-electron chi connectivity index (χ0n) is 16.9. The van der Waals surface area contributed by atoms with Crippen LogP contribution >= 0.6 is 23.4 Å². The van der Waals surface area contributed by atoms with Gasteiger partial charge in [-0.05, 0) is 26.0 Å². The molecule has 0 aliphatic carbocycles. The second-order valence-corrected chi connectivity index (χ2v) is 8.88.